The van der Waals surface area contributed by atoms with E-state index in [0.717, 1.165) is 5.56 Å². The third-order valence-corrected chi connectivity index (χ3v) is 4.01. The summed E-state index contributed by atoms with van der Waals surface area (Å²) >= 11 is 0. The summed E-state index contributed by atoms with van der Waals surface area (Å²) in [5.74, 6) is 0. The van der Waals surface area contributed by atoms with E-state index in [0.29, 0.717) is 6.42 Å². The molecule has 19 heavy (non-hydrogen) atoms. The monoisotopic (exact) mass is 287 g/mol. The van der Waals surface area contributed by atoms with Gasteiger partial charge in [0.25, 0.3) is 0 Å². The van der Waals surface area contributed by atoms with Crippen LogP contribution in [0.4, 0.5) is 0 Å². The van der Waals surface area contributed by atoms with Gasteiger partial charge >= 0.3 is 0 Å². The van der Waals surface area contributed by atoms with Gasteiger partial charge in [-0.05, 0) is 32.4 Å². The molecule has 5 nitrogen and oxygen atoms in total. The Morgan fingerprint density at radius 2 is 1.89 bits per heavy atom. The maximum absolute atomic E-state index is 12.1. The summed E-state index contributed by atoms with van der Waals surface area (Å²) in [6.07, 6.45) is 3.84. The smallest absolute Gasteiger partial charge is 0.241 e. The molecule has 0 heterocycles. The van der Waals surface area contributed by atoms with Gasteiger partial charge in [-0.3, -0.25) is 0 Å². The molecule has 0 saturated carbocycles. The van der Waals surface area contributed by atoms with E-state index in [-0.39, 0.29) is 23.0 Å². The summed E-state index contributed by atoms with van der Waals surface area (Å²) in [6.45, 7) is 3.65. The van der Waals surface area contributed by atoms with Crippen LogP contribution in [0.15, 0.2) is 41.3 Å². The molecular formula is C13H21NO4S. The second kappa shape index (κ2) is 8.06. The molecule has 0 saturated heterocycles. The first-order valence-corrected chi connectivity index (χ1v) is 7.30. The molecular weight excluding hydrogens is 266 g/mol. The van der Waals surface area contributed by atoms with Gasteiger partial charge in [0.05, 0.1) is 4.90 Å². The Kier molecular flexibility index (Phi) is 7.55. The van der Waals surface area contributed by atoms with Gasteiger partial charge < -0.3 is 10.6 Å². The predicted octanol–water partition coefficient (Wildman–Crippen LogP) is 0.776. The van der Waals surface area contributed by atoms with Crippen LogP contribution in [0.25, 0.3) is 0 Å². The first-order valence-electron chi connectivity index (χ1n) is 5.82. The highest BCUT2D eigenvalue weighted by atomic mass is 32.2. The normalized spacial score (nSPS) is 13.2. The zero-order chi connectivity index (χ0) is 13.6. The summed E-state index contributed by atoms with van der Waals surface area (Å²) in [4.78, 5) is 0.237. The van der Waals surface area contributed by atoms with E-state index >= 15 is 0 Å². The van der Waals surface area contributed by atoms with E-state index in [2.05, 4.69) is 4.72 Å². The van der Waals surface area contributed by atoms with Gasteiger partial charge in [0.1, 0.15) is 0 Å². The van der Waals surface area contributed by atoms with Crippen molar-refractivity contribution >= 4 is 10.0 Å². The Morgan fingerprint density at radius 1 is 1.32 bits per heavy atom. The van der Waals surface area contributed by atoms with Gasteiger partial charge in [0.2, 0.25) is 10.0 Å². The highest BCUT2D eigenvalue weighted by Crippen LogP contribution is 2.11. The lowest BCUT2D eigenvalue weighted by atomic mass is 10.2. The molecule has 1 atom stereocenters. The topological polar surface area (TPSA) is 97.9 Å². The number of benzene rings is 1. The molecule has 108 valence electrons. The number of hydrogen-bond acceptors (Lipinski definition) is 3. The van der Waals surface area contributed by atoms with Crippen LogP contribution in [0.2, 0.25) is 0 Å². The number of aliphatic hydroxyl groups is 1. The average molecular weight is 287 g/mol. The van der Waals surface area contributed by atoms with Crippen LogP contribution < -0.4 is 4.72 Å². The number of sulfonamides is 1. The van der Waals surface area contributed by atoms with Crippen LogP contribution in [0, 0.1) is 6.92 Å². The number of nitrogens with one attached hydrogen (secondary N) is 1. The number of aryl methyl sites for hydroxylation is 1. The van der Waals surface area contributed by atoms with E-state index in [1.807, 2.05) is 13.8 Å². The average Bonchev–Trinajstić information content (AvgIpc) is 2.29. The predicted molar refractivity (Wildman–Crippen MR) is 75.4 cm³/mol. The van der Waals surface area contributed by atoms with E-state index in [9.17, 15) is 8.42 Å². The van der Waals surface area contributed by atoms with Gasteiger partial charge in [-0.25, -0.2) is 13.1 Å². The zero-order valence-electron chi connectivity index (χ0n) is 11.1. The van der Waals surface area contributed by atoms with Gasteiger partial charge in [-0.2, -0.15) is 0 Å². The Hall–Kier alpha value is -1.21. The summed E-state index contributed by atoms with van der Waals surface area (Å²) in [7, 11) is -3.53. The van der Waals surface area contributed by atoms with Crippen molar-refractivity contribution in [3.8, 4) is 0 Å². The van der Waals surface area contributed by atoms with Crippen molar-refractivity contribution in [2.45, 2.75) is 31.2 Å². The first-order chi connectivity index (χ1) is 8.49. The largest absolute Gasteiger partial charge is 0.412 e. The number of hydrogen-bond donors (Lipinski definition) is 2. The molecule has 1 aromatic carbocycles. The van der Waals surface area contributed by atoms with E-state index in [1.54, 1.807) is 36.4 Å². The lowest BCUT2D eigenvalue weighted by Gasteiger charge is -2.14. The van der Waals surface area contributed by atoms with Crippen molar-refractivity contribution in [1.29, 1.82) is 0 Å². The molecule has 0 aliphatic carbocycles. The molecule has 1 rings (SSSR count). The van der Waals surface area contributed by atoms with Gasteiger partial charge in [0, 0.05) is 12.6 Å². The molecule has 0 radical (unpaired) electrons. The maximum atomic E-state index is 12.1. The molecule has 0 fully saturated rings. The fourth-order valence-corrected chi connectivity index (χ4v) is 2.78. The molecule has 0 amide bonds. The summed E-state index contributed by atoms with van der Waals surface area (Å²) in [6, 6.07) is 6.27. The number of rotatable bonds is 6. The third-order valence-electron chi connectivity index (χ3n) is 2.50. The molecule has 0 spiro atoms. The van der Waals surface area contributed by atoms with Crippen LogP contribution >= 0.6 is 0 Å². The zero-order valence-corrected chi connectivity index (χ0v) is 11.9. The highest BCUT2D eigenvalue weighted by Gasteiger charge is 2.17. The van der Waals surface area contributed by atoms with Crippen LogP contribution in [-0.4, -0.2) is 31.6 Å². The van der Waals surface area contributed by atoms with Crippen molar-refractivity contribution in [2.24, 2.45) is 0 Å². The summed E-state index contributed by atoms with van der Waals surface area (Å²) in [5, 5.41) is 8.90. The van der Waals surface area contributed by atoms with Crippen molar-refractivity contribution < 1.29 is 19.0 Å². The van der Waals surface area contributed by atoms with Crippen LogP contribution in [0.5, 0.6) is 0 Å². The highest BCUT2D eigenvalue weighted by molar-refractivity contribution is 7.89. The summed E-state index contributed by atoms with van der Waals surface area (Å²) < 4.78 is 26.7. The van der Waals surface area contributed by atoms with Gasteiger partial charge in [0.15, 0.2) is 0 Å². The quantitative estimate of drug-likeness (QED) is 0.756. The van der Waals surface area contributed by atoms with E-state index < -0.39 is 10.0 Å². The molecule has 1 aromatic rings. The van der Waals surface area contributed by atoms with Crippen molar-refractivity contribution in [3.63, 3.8) is 0 Å². The van der Waals surface area contributed by atoms with Crippen molar-refractivity contribution in [2.75, 3.05) is 6.61 Å². The summed E-state index contributed by atoms with van der Waals surface area (Å²) in [5.41, 5.74) is 1.01. The van der Waals surface area contributed by atoms with Crippen molar-refractivity contribution in [3.05, 3.63) is 42.0 Å². The van der Waals surface area contributed by atoms with Crippen LogP contribution in [0.3, 0.4) is 0 Å². The third kappa shape index (κ3) is 5.52. The van der Waals surface area contributed by atoms with Crippen molar-refractivity contribution in [1.82, 2.24) is 4.72 Å². The Labute approximate surface area is 114 Å². The second-order valence-corrected chi connectivity index (χ2v) is 5.79. The van der Waals surface area contributed by atoms with E-state index in [1.165, 1.54) is 0 Å². The fourth-order valence-electron chi connectivity index (χ4n) is 1.55. The standard InChI is InChI=1S/C13H19NO3S.H2O/c1-3-4-12(9-10-15)14-18(16,17)13-7-5-11(2)6-8-13;/h3-8,12,14-15H,9-10H2,1-2H3;1H2/b4-3+;/t12-;/m1./s1. The van der Waals surface area contributed by atoms with Crippen LogP contribution in [0.1, 0.15) is 18.9 Å². The molecule has 0 bridgehead atoms. The molecule has 0 aliphatic heterocycles. The minimum atomic E-state index is -3.53. The van der Waals surface area contributed by atoms with Gasteiger partial charge in [-0.15, -0.1) is 0 Å². The molecule has 0 aliphatic rings. The Balaban J connectivity index is 0.00000324. The van der Waals surface area contributed by atoms with Crippen LogP contribution in [-0.2, 0) is 10.0 Å². The minimum Gasteiger partial charge on any atom is -0.412 e. The Morgan fingerprint density at radius 3 is 2.37 bits per heavy atom. The molecule has 0 aromatic heterocycles. The van der Waals surface area contributed by atoms with Gasteiger partial charge in [-0.1, -0.05) is 29.8 Å². The second-order valence-electron chi connectivity index (χ2n) is 4.08. The number of aliphatic hydroxyl groups excluding tert-OH is 1. The molecule has 0 unspecified atom stereocenters. The fraction of sp³-hybridized carbons (Fsp3) is 0.385. The minimum absolute atomic E-state index is 0. The Bertz CT molecular complexity index is 494. The lowest BCUT2D eigenvalue weighted by molar-refractivity contribution is 0.280. The first kappa shape index (κ1) is 17.8. The SMILES string of the molecule is C/C=C/[C@H](CCO)NS(=O)(=O)c1ccc(C)cc1.O. The number of allylic oxidation sites excluding steroid dienone is 1. The van der Waals surface area contributed by atoms with E-state index in [4.69, 9.17) is 5.11 Å². The molecule has 4 N–H and O–H groups in total. The lowest BCUT2D eigenvalue weighted by Crippen LogP contribution is -2.34. The molecule has 6 heteroatoms. The maximum Gasteiger partial charge on any atom is 0.241 e.